The lowest BCUT2D eigenvalue weighted by Crippen LogP contribution is -2.59. The van der Waals surface area contributed by atoms with Crippen molar-refractivity contribution >= 4 is 82.2 Å². The number of fused-ring (bicyclic) bond motifs is 3. The number of nitrogens with one attached hydrogen (secondary N) is 4. The number of ketones is 4. The first kappa shape index (κ1) is 68.7. The zero-order valence-corrected chi connectivity index (χ0v) is 50.8. The van der Waals surface area contributed by atoms with Gasteiger partial charge in [-0.1, -0.05) is 51.3 Å². The summed E-state index contributed by atoms with van der Waals surface area (Å²) < 4.78 is 23.0. The van der Waals surface area contributed by atoms with Crippen molar-refractivity contribution in [2.24, 2.45) is 17.6 Å². The van der Waals surface area contributed by atoms with Crippen LogP contribution in [-0.2, 0) is 60.8 Å². The van der Waals surface area contributed by atoms with Gasteiger partial charge in [0.2, 0.25) is 35.3 Å². The summed E-state index contributed by atoms with van der Waals surface area (Å²) in [5, 5.41) is 66.9. The van der Waals surface area contributed by atoms with Crippen LogP contribution in [0.3, 0.4) is 0 Å². The zero-order valence-electron chi connectivity index (χ0n) is 50.0. The molecule has 3 aromatic carbocycles. The molecule has 7 rings (SSSR count). The first-order chi connectivity index (χ1) is 42.7. The maximum absolute atomic E-state index is 14.1. The number of urea groups is 1. The van der Waals surface area contributed by atoms with Crippen LogP contribution >= 0.6 is 11.8 Å². The Morgan fingerprint density at radius 1 is 0.911 bits per heavy atom. The third-order valence-electron chi connectivity index (χ3n) is 15.9. The number of Topliss-reactive ketones (excluding diaryl/α,β-unsaturated/α-hetero) is 2. The van der Waals surface area contributed by atoms with Crippen molar-refractivity contribution < 1.29 is 97.2 Å². The Morgan fingerprint density at radius 2 is 1.57 bits per heavy atom. The van der Waals surface area contributed by atoms with Crippen LogP contribution in [0.15, 0.2) is 67.8 Å². The van der Waals surface area contributed by atoms with Crippen LogP contribution in [0.2, 0.25) is 0 Å². The Labute approximate surface area is 521 Å². The summed E-state index contributed by atoms with van der Waals surface area (Å²) in [4.78, 5) is 149. The van der Waals surface area contributed by atoms with Gasteiger partial charge in [-0.2, -0.15) is 11.8 Å². The third kappa shape index (κ3) is 16.0. The Morgan fingerprint density at radius 3 is 2.19 bits per heavy atom. The molecule has 29 heteroatoms. The Kier molecular flexibility index (Phi) is 23.1. The summed E-state index contributed by atoms with van der Waals surface area (Å²) in [5.41, 5.74) is 1.50. The standard InChI is InChI=1S/C61H74N8O20S/c1-7-44(74)67-28-68(45(75)8-2)30-69(29-67)46(76)18-20-90-27-43(73)66-52(31(3)4)39(71)21-34(11-10-19-63-59(62)83)58(82)64-35-16-14-33(15-17-35)26-87-60(84)65-38-22-47(88-32(5)53(38)77)89-41-24-61(85,42(72)25-70)23-37-49(41)57(81)51-50(55(37)79)54(78)36-12-9-13-40(86-6)48(36)56(51)80/h7-9,12-17,31-32,34,38,41,47,52-53,70,77,79,81,85H,1-2,10-11,18-30H2,3-6H3,(H,64,82)(H,65,84)(H,66,73)(H3,62,63,83)/t32-,34+,38-,41-,47-,52-,53+,61-/m0/s1. The quantitative estimate of drug-likeness (QED) is 0.0244. The first-order valence-electron chi connectivity index (χ1n) is 28.8. The molecule has 8 amide bonds. The predicted octanol–water partition coefficient (Wildman–Crippen LogP) is 1.94. The first-order valence-corrected chi connectivity index (χ1v) is 30.0. The van der Waals surface area contributed by atoms with Crippen molar-refractivity contribution in [2.45, 2.75) is 115 Å². The molecule has 2 saturated heterocycles. The maximum Gasteiger partial charge on any atom is 0.407 e. The Bertz CT molecular complexity index is 3300. The lowest BCUT2D eigenvalue weighted by molar-refractivity contribution is -0.249. The van der Waals surface area contributed by atoms with E-state index in [0.717, 1.165) is 23.9 Å². The molecule has 2 heterocycles. The molecule has 484 valence electrons. The average Bonchev–Trinajstić information content (AvgIpc) is 0.732. The van der Waals surface area contributed by atoms with Gasteiger partial charge in [0, 0.05) is 72.7 Å². The van der Waals surface area contributed by atoms with E-state index in [2.05, 4.69) is 34.4 Å². The Balaban J connectivity index is 0.941. The number of phenolic OH excluding ortho intramolecular Hbond substituents is 2. The van der Waals surface area contributed by atoms with E-state index >= 15 is 0 Å². The lowest BCUT2D eigenvalue weighted by Gasteiger charge is -2.42. The molecule has 11 N–H and O–H groups in total. The van der Waals surface area contributed by atoms with Gasteiger partial charge < -0.3 is 86.2 Å². The van der Waals surface area contributed by atoms with E-state index in [4.69, 9.17) is 24.7 Å². The number of primary amides is 1. The Hall–Kier alpha value is -8.74. The number of anilines is 1. The molecule has 0 bridgehead atoms. The predicted molar refractivity (Wildman–Crippen MR) is 320 cm³/mol. The van der Waals surface area contributed by atoms with Gasteiger partial charge >= 0.3 is 12.1 Å². The fraction of sp³-hybridized carbons (Fsp3) is 0.459. The number of phenols is 2. The van der Waals surface area contributed by atoms with E-state index < -0.39 is 155 Å². The van der Waals surface area contributed by atoms with E-state index in [1.807, 2.05) is 0 Å². The lowest BCUT2D eigenvalue weighted by atomic mass is 9.72. The van der Waals surface area contributed by atoms with Gasteiger partial charge in [0.1, 0.15) is 42.2 Å². The number of nitrogens with zero attached hydrogens (tertiary/aromatic N) is 3. The van der Waals surface area contributed by atoms with E-state index in [-0.39, 0.29) is 111 Å². The van der Waals surface area contributed by atoms with E-state index in [1.54, 1.807) is 26.0 Å². The molecule has 2 fully saturated rings. The van der Waals surface area contributed by atoms with Crippen LogP contribution in [0, 0.1) is 11.8 Å². The van der Waals surface area contributed by atoms with E-state index in [1.165, 1.54) is 59.1 Å². The SMILES string of the molecule is C=CC(=O)N1CN(C(=O)C=C)CN(C(=O)CCSCC(=O)N[C@H](C(=O)C[C@@H](CCCNC(N)=O)C(=O)Nc2ccc(COC(=O)N[C@H]3C[C@H](O[C@H]4C[C@](O)(C(=O)CO)Cc5c(O)c6c(c(O)c54)C(=O)c4c(OC)cccc4C6=O)O[C@@H](C)[C@H]3O)cc2)C(C)C)C1. The second kappa shape index (κ2) is 30.2. The molecule has 28 nitrogen and oxygen atoms in total. The number of ether oxygens (including phenoxy) is 4. The van der Waals surface area contributed by atoms with E-state index in [0.29, 0.717) is 11.3 Å². The summed E-state index contributed by atoms with van der Waals surface area (Å²) in [5.74, 6) is -8.48. The molecule has 90 heavy (non-hydrogen) atoms. The average molecular weight is 1270 g/mol. The fourth-order valence-corrected chi connectivity index (χ4v) is 11.9. The molecular formula is C61H74N8O20S. The monoisotopic (exact) mass is 1270 g/mol. The number of rotatable bonds is 26. The number of nitrogens with two attached hydrogens (primary N) is 1. The van der Waals surface area contributed by atoms with Crippen LogP contribution in [-0.4, -0.2) is 193 Å². The molecule has 3 aromatic rings. The fourth-order valence-electron chi connectivity index (χ4n) is 11.1. The molecule has 0 radical (unpaired) electrons. The van der Waals surface area contributed by atoms with Crippen LogP contribution < -0.4 is 31.7 Å². The number of carbonyl (C=O) groups excluding carboxylic acids is 11. The number of amides is 8. The van der Waals surface area contributed by atoms with Crippen molar-refractivity contribution in [3.63, 3.8) is 0 Å². The summed E-state index contributed by atoms with van der Waals surface area (Å²) in [6.07, 6.45) is -5.80. The molecule has 8 atom stereocenters. The van der Waals surface area contributed by atoms with E-state index in [9.17, 15) is 78.3 Å². The minimum Gasteiger partial charge on any atom is -0.507 e. The number of hydrogen-bond donors (Lipinski definition) is 10. The minimum absolute atomic E-state index is 0.0146. The summed E-state index contributed by atoms with van der Waals surface area (Å²) >= 11 is 1.13. The van der Waals surface area contributed by atoms with Crippen molar-refractivity contribution in [1.29, 1.82) is 0 Å². The molecule has 2 aliphatic heterocycles. The number of methoxy groups -OCH3 is 1. The van der Waals surface area contributed by atoms with Gasteiger partial charge in [-0.3, -0.25) is 43.2 Å². The number of aliphatic hydroxyl groups is 3. The van der Waals surface area contributed by atoms with Gasteiger partial charge in [-0.25, -0.2) is 9.59 Å². The van der Waals surface area contributed by atoms with Crippen molar-refractivity contribution in [3.05, 3.63) is 107 Å². The summed E-state index contributed by atoms with van der Waals surface area (Å²) in [6, 6.07) is 7.45. The largest absolute Gasteiger partial charge is 0.507 e. The van der Waals surface area contributed by atoms with Gasteiger partial charge in [-0.05, 0) is 61.6 Å². The van der Waals surface area contributed by atoms with Crippen LogP contribution in [0.1, 0.15) is 114 Å². The second-order valence-electron chi connectivity index (χ2n) is 22.4. The highest BCUT2D eigenvalue weighted by molar-refractivity contribution is 7.99. The number of carbonyl (C=O) groups is 11. The molecule has 0 unspecified atom stereocenters. The van der Waals surface area contributed by atoms with Gasteiger partial charge in [0.25, 0.3) is 0 Å². The highest BCUT2D eigenvalue weighted by Crippen LogP contribution is 2.52. The maximum atomic E-state index is 14.1. The number of aromatic hydroxyl groups is 2. The molecular weight excluding hydrogens is 1200 g/mol. The van der Waals surface area contributed by atoms with Gasteiger partial charge in [0.15, 0.2) is 23.6 Å². The highest BCUT2D eigenvalue weighted by atomic mass is 32.2. The van der Waals surface area contributed by atoms with Crippen molar-refractivity contribution in [1.82, 2.24) is 30.7 Å². The molecule has 0 saturated carbocycles. The summed E-state index contributed by atoms with van der Waals surface area (Å²) in [7, 11) is 1.28. The van der Waals surface area contributed by atoms with Crippen molar-refractivity contribution in [2.75, 3.05) is 57.1 Å². The van der Waals surface area contributed by atoms with Gasteiger partial charge in [0.05, 0.1) is 73.9 Å². The number of hydrogen-bond acceptors (Lipinski definition) is 21. The number of aliphatic hydroxyl groups excluding tert-OH is 2. The number of alkyl carbamates (subject to hydrolysis) is 1. The smallest absolute Gasteiger partial charge is 0.407 e. The zero-order chi connectivity index (χ0) is 65.9. The molecule has 0 aromatic heterocycles. The van der Waals surface area contributed by atoms with Crippen molar-refractivity contribution in [3.8, 4) is 17.2 Å². The molecule has 0 spiro atoms. The van der Waals surface area contributed by atoms with Gasteiger partial charge in [-0.15, -0.1) is 0 Å². The number of thioether (sulfide) groups is 1. The third-order valence-corrected chi connectivity index (χ3v) is 16.8. The topological polar surface area (TPSA) is 410 Å². The normalized spacial score (nSPS) is 20.9. The van der Waals surface area contributed by atoms with Crippen LogP contribution in [0.4, 0.5) is 15.3 Å². The number of benzene rings is 3. The van der Waals surface area contributed by atoms with Crippen LogP contribution in [0.5, 0.6) is 17.2 Å². The molecule has 4 aliphatic rings. The summed E-state index contributed by atoms with van der Waals surface area (Å²) in [6.45, 7) is 10.3. The molecule has 2 aliphatic carbocycles. The van der Waals surface area contributed by atoms with Crippen LogP contribution in [0.25, 0.3) is 0 Å². The second-order valence-corrected chi connectivity index (χ2v) is 23.5. The minimum atomic E-state index is -2.43. The highest BCUT2D eigenvalue weighted by Gasteiger charge is 2.51.